The lowest BCUT2D eigenvalue weighted by atomic mass is 9.70. The summed E-state index contributed by atoms with van der Waals surface area (Å²) in [7, 11) is 0. The maximum absolute atomic E-state index is 3.75. The van der Waals surface area contributed by atoms with Crippen molar-refractivity contribution in [2.24, 2.45) is 17.3 Å². The van der Waals surface area contributed by atoms with Crippen LogP contribution in [-0.4, -0.2) is 12.6 Å². The quantitative estimate of drug-likeness (QED) is 0.798. The zero-order valence-corrected chi connectivity index (χ0v) is 14.4. The van der Waals surface area contributed by atoms with E-state index in [1.807, 2.05) is 0 Å². The maximum Gasteiger partial charge on any atom is 0.00792 e. The van der Waals surface area contributed by atoms with Crippen molar-refractivity contribution in [1.29, 1.82) is 0 Å². The number of nitrogens with one attached hydrogen (secondary N) is 1. The lowest BCUT2D eigenvalue weighted by Crippen LogP contribution is -2.35. The predicted octanol–water partition coefficient (Wildman–Crippen LogP) is 5.06. The van der Waals surface area contributed by atoms with Crippen molar-refractivity contribution in [2.75, 3.05) is 6.54 Å². The summed E-state index contributed by atoms with van der Waals surface area (Å²) in [5.74, 6) is 1.82. The molecule has 1 N–H and O–H groups in total. The van der Waals surface area contributed by atoms with Gasteiger partial charge in [0.15, 0.2) is 0 Å². The average molecular weight is 287 g/mol. The Morgan fingerprint density at radius 2 is 1.67 bits per heavy atom. The van der Waals surface area contributed by atoms with Crippen molar-refractivity contribution >= 4 is 0 Å². The van der Waals surface area contributed by atoms with Crippen molar-refractivity contribution in [3.63, 3.8) is 0 Å². The first-order valence-electron chi connectivity index (χ1n) is 8.72. The molecule has 1 nitrogen and oxygen atoms in total. The molecule has 1 heteroatoms. The van der Waals surface area contributed by atoms with E-state index in [2.05, 4.69) is 63.3 Å². The molecule has 0 aromatic heterocycles. The van der Waals surface area contributed by atoms with E-state index in [0.717, 1.165) is 18.3 Å². The van der Waals surface area contributed by atoms with Gasteiger partial charge in [-0.25, -0.2) is 0 Å². The number of benzene rings is 1. The van der Waals surface area contributed by atoms with E-state index in [9.17, 15) is 0 Å². The van der Waals surface area contributed by atoms with Gasteiger partial charge >= 0.3 is 0 Å². The van der Waals surface area contributed by atoms with Crippen molar-refractivity contribution in [2.45, 2.75) is 65.8 Å². The molecule has 1 aliphatic carbocycles. The molecule has 118 valence electrons. The predicted molar refractivity (Wildman–Crippen MR) is 92.5 cm³/mol. The average Bonchev–Trinajstić information content (AvgIpc) is 2.46. The molecule has 0 radical (unpaired) electrons. The minimum absolute atomic E-state index is 0.499. The molecule has 21 heavy (non-hydrogen) atoms. The van der Waals surface area contributed by atoms with Crippen molar-refractivity contribution in [3.05, 3.63) is 35.9 Å². The fraction of sp³-hybridized carbons (Fsp3) is 0.700. The molecule has 1 aliphatic rings. The Morgan fingerprint density at radius 3 is 2.24 bits per heavy atom. The van der Waals surface area contributed by atoms with Gasteiger partial charge in [-0.2, -0.15) is 0 Å². The van der Waals surface area contributed by atoms with Crippen LogP contribution in [0.2, 0.25) is 0 Å². The van der Waals surface area contributed by atoms with Gasteiger partial charge in [0.2, 0.25) is 0 Å². The first-order valence-corrected chi connectivity index (χ1v) is 8.72. The lowest BCUT2D eigenvalue weighted by Gasteiger charge is -2.37. The van der Waals surface area contributed by atoms with E-state index in [1.165, 1.54) is 37.8 Å². The van der Waals surface area contributed by atoms with E-state index < -0.39 is 0 Å². The summed E-state index contributed by atoms with van der Waals surface area (Å²) in [6.45, 7) is 10.7. The zero-order chi connectivity index (χ0) is 15.3. The molecule has 1 aromatic carbocycles. The highest BCUT2D eigenvalue weighted by Gasteiger charge is 2.29. The van der Waals surface area contributed by atoms with Crippen molar-refractivity contribution < 1.29 is 0 Å². The molecule has 1 atom stereocenters. The summed E-state index contributed by atoms with van der Waals surface area (Å²) in [5, 5.41) is 3.75. The van der Waals surface area contributed by atoms with Crippen LogP contribution in [0.1, 0.15) is 58.9 Å². The zero-order valence-electron chi connectivity index (χ0n) is 14.4. The summed E-state index contributed by atoms with van der Waals surface area (Å²) in [4.78, 5) is 0. The van der Waals surface area contributed by atoms with Gasteiger partial charge in [0.1, 0.15) is 0 Å². The van der Waals surface area contributed by atoms with Gasteiger partial charge in [0, 0.05) is 6.04 Å². The fourth-order valence-electron chi connectivity index (χ4n) is 3.64. The molecule has 1 saturated carbocycles. The van der Waals surface area contributed by atoms with Crippen LogP contribution in [0.4, 0.5) is 0 Å². The van der Waals surface area contributed by atoms with E-state index in [4.69, 9.17) is 0 Å². The molecule has 2 rings (SSSR count). The largest absolute Gasteiger partial charge is 0.314 e. The summed E-state index contributed by atoms with van der Waals surface area (Å²) in [6.07, 6.45) is 6.80. The van der Waals surface area contributed by atoms with Gasteiger partial charge in [-0.3, -0.25) is 0 Å². The molecule has 1 unspecified atom stereocenters. The van der Waals surface area contributed by atoms with Gasteiger partial charge in [-0.15, -0.1) is 0 Å². The van der Waals surface area contributed by atoms with Gasteiger partial charge < -0.3 is 5.32 Å². The van der Waals surface area contributed by atoms with Gasteiger partial charge in [-0.05, 0) is 68.4 Å². The highest BCUT2D eigenvalue weighted by Crippen LogP contribution is 2.39. The Balaban J connectivity index is 1.68. The van der Waals surface area contributed by atoms with Crippen LogP contribution in [0.15, 0.2) is 30.3 Å². The monoisotopic (exact) mass is 287 g/mol. The molecular formula is C20H33N. The normalized spacial score (nSPS) is 24.8. The Bertz CT molecular complexity index is 396. The molecule has 1 fully saturated rings. The van der Waals surface area contributed by atoms with E-state index in [-0.39, 0.29) is 0 Å². The molecule has 0 heterocycles. The Hall–Kier alpha value is -0.820. The van der Waals surface area contributed by atoms with E-state index in [0.29, 0.717) is 11.5 Å². The summed E-state index contributed by atoms with van der Waals surface area (Å²) < 4.78 is 0. The number of hydrogen-bond donors (Lipinski definition) is 1. The van der Waals surface area contributed by atoms with Crippen molar-refractivity contribution in [3.8, 4) is 0 Å². The minimum atomic E-state index is 0.499. The molecule has 0 spiro atoms. The van der Waals surface area contributed by atoms with Crippen LogP contribution in [0.3, 0.4) is 0 Å². The second-order valence-corrected chi connectivity index (χ2v) is 8.08. The SMILES string of the molecule is CC(Cc1ccccc1)NCC1CCC(C(C)(C)C)CC1. The molecule has 0 bridgehead atoms. The first-order chi connectivity index (χ1) is 9.95. The topological polar surface area (TPSA) is 12.0 Å². The molecule has 1 aromatic rings. The Kier molecular flexibility index (Phi) is 5.87. The van der Waals surface area contributed by atoms with Crippen LogP contribution in [0.25, 0.3) is 0 Å². The van der Waals surface area contributed by atoms with Crippen LogP contribution in [-0.2, 0) is 6.42 Å². The maximum atomic E-state index is 3.75. The second-order valence-electron chi connectivity index (χ2n) is 8.08. The summed E-state index contributed by atoms with van der Waals surface area (Å²) >= 11 is 0. The second kappa shape index (κ2) is 7.45. The highest BCUT2D eigenvalue weighted by molar-refractivity contribution is 5.15. The molecule has 0 amide bonds. The summed E-state index contributed by atoms with van der Waals surface area (Å²) in [5.41, 5.74) is 1.94. The third-order valence-electron chi connectivity index (χ3n) is 5.21. The lowest BCUT2D eigenvalue weighted by molar-refractivity contribution is 0.148. The van der Waals surface area contributed by atoms with Gasteiger partial charge in [-0.1, -0.05) is 51.1 Å². The first kappa shape index (κ1) is 16.5. The molecule has 0 saturated heterocycles. The highest BCUT2D eigenvalue weighted by atomic mass is 14.9. The van der Waals surface area contributed by atoms with Crippen molar-refractivity contribution in [1.82, 2.24) is 5.32 Å². The van der Waals surface area contributed by atoms with Gasteiger partial charge in [0.05, 0.1) is 0 Å². The molecular weight excluding hydrogens is 254 g/mol. The third kappa shape index (κ3) is 5.47. The van der Waals surface area contributed by atoms with Crippen LogP contribution in [0, 0.1) is 17.3 Å². The smallest absolute Gasteiger partial charge is 0.00792 e. The third-order valence-corrected chi connectivity index (χ3v) is 5.21. The van der Waals surface area contributed by atoms with E-state index >= 15 is 0 Å². The number of rotatable bonds is 5. The summed E-state index contributed by atoms with van der Waals surface area (Å²) in [6, 6.07) is 11.4. The number of hydrogen-bond acceptors (Lipinski definition) is 1. The van der Waals surface area contributed by atoms with Crippen LogP contribution in [0.5, 0.6) is 0 Å². The van der Waals surface area contributed by atoms with E-state index in [1.54, 1.807) is 0 Å². The minimum Gasteiger partial charge on any atom is -0.314 e. The fourth-order valence-corrected chi connectivity index (χ4v) is 3.64. The van der Waals surface area contributed by atoms with Crippen LogP contribution >= 0.6 is 0 Å². The Labute approximate surface area is 131 Å². The molecule has 0 aliphatic heterocycles. The van der Waals surface area contributed by atoms with Gasteiger partial charge in [0.25, 0.3) is 0 Å². The standard InChI is InChI=1S/C20H33N/c1-16(14-17-8-6-5-7-9-17)21-15-18-10-12-19(13-11-18)20(2,3)4/h5-9,16,18-19,21H,10-15H2,1-4H3. The Morgan fingerprint density at radius 1 is 1.05 bits per heavy atom. The van der Waals surface area contributed by atoms with Crippen LogP contribution < -0.4 is 5.32 Å².